The largest absolute Gasteiger partial charge is 0.496 e. The minimum Gasteiger partial charge on any atom is -0.496 e. The highest BCUT2D eigenvalue weighted by molar-refractivity contribution is 7.80. The summed E-state index contributed by atoms with van der Waals surface area (Å²) in [4.78, 5) is 11.9. The van der Waals surface area contributed by atoms with E-state index in [9.17, 15) is 4.79 Å². The van der Waals surface area contributed by atoms with Crippen LogP contribution in [0.1, 0.15) is 31.7 Å². The number of benzene rings is 1. The van der Waals surface area contributed by atoms with Crippen LogP contribution in [0.25, 0.3) is 0 Å². The molecular weight excluding hydrogens is 322 g/mol. The Balaban J connectivity index is 2.37. The summed E-state index contributed by atoms with van der Waals surface area (Å²) in [5.41, 5.74) is 5.95. The Morgan fingerprint density at radius 3 is 2.77 bits per heavy atom. The molecule has 0 unspecified atom stereocenters. The molecule has 0 aliphatic carbocycles. The van der Waals surface area contributed by atoms with Gasteiger partial charge in [-0.05, 0) is 36.8 Å². The molecule has 0 aromatic heterocycles. The zero-order chi connectivity index (χ0) is 16.4. The summed E-state index contributed by atoms with van der Waals surface area (Å²) in [6.07, 6.45) is 3.50. The Morgan fingerprint density at radius 2 is 2.09 bits per heavy atom. The second kappa shape index (κ2) is 10.2. The summed E-state index contributed by atoms with van der Waals surface area (Å²) in [5, 5.41) is 3.99. The minimum atomic E-state index is -0.224. The van der Waals surface area contributed by atoms with Gasteiger partial charge in [0.25, 0.3) is 0 Å². The molecule has 0 spiro atoms. The van der Waals surface area contributed by atoms with E-state index >= 15 is 0 Å². The highest BCUT2D eigenvalue weighted by Crippen LogP contribution is 2.22. The van der Waals surface area contributed by atoms with Gasteiger partial charge in [0.1, 0.15) is 5.75 Å². The van der Waals surface area contributed by atoms with Crippen molar-refractivity contribution in [3.8, 4) is 5.75 Å². The predicted octanol–water partition coefficient (Wildman–Crippen LogP) is 2.58. The van der Waals surface area contributed by atoms with E-state index in [1.165, 1.54) is 0 Å². The fourth-order valence-corrected chi connectivity index (χ4v) is 2.20. The summed E-state index contributed by atoms with van der Waals surface area (Å²) in [7, 11) is 1.55. The molecule has 3 N–H and O–H groups in total. The second-order valence-electron chi connectivity index (χ2n) is 4.77. The van der Waals surface area contributed by atoms with E-state index in [4.69, 9.17) is 28.6 Å². The summed E-state index contributed by atoms with van der Waals surface area (Å²) < 4.78 is 5.21. The number of thiocarbonyl (C=S) groups is 1. The summed E-state index contributed by atoms with van der Waals surface area (Å²) in [6.45, 7) is 2.93. The lowest BCUT2D eigenvalue weighted by Crippen LogP contribution is -2.47. The van der Waals surface area contributed by atoms with Gasteiger partial charge in [0.2, 0.25) is 5.91 Å². The van der Waals surface area contributed by atoms with Crippen molar-refractivity contribution in [2.75, 3.05) is 13.7 Å². The standard InChI is InChI=1S/C15H22ClN3O2S/c1-3-4-5-8-17-15(22)19-18-14(20)10-11-9-12(16)6-7-13(11)21-2/h6-7,9H,3-5,8,10H2,1-2H3,(H,18,20)(H2,17,19,22). The van der Waals surface area contributed by atoms with Gasteiger partial charge in [0.05, 0.1) is 13.5 Å². The van der Waals surface area contributed by atoms with Crippen LogP contribution in [0.3, 0.4) is 0 Å². The molecule has 1 amide bonds. The fourth-order valence-electron chi connectivity index (χ4n) is 1.85. The molecule has 0 bridgehead atoms. The van der Waals surface area contributed by atoms with Crippen molar-refractivity contribution in [1.29, 1.82) is 0 Å². The van der Waals surface area contributed by atoms with Gasteiger partial charge in [0, 0.05) is 17.1 Å². The normalized spacial score (nSPS) is 9.95. The molecule has 0 saturated heterocycles. The first-order valence-corrected chi connectivity index (χ1v) is 8.00. The van der Waals surface area contributed by atoms with Gasteiger partial charge in [-0.3, -0.25) is 15.6 Å². The van der Waals surface area contributed by atoms with Crippen LogP contribution in [0.5, 0.6) is 5.75 Å². The molecule has 0 fully saturated rings. The minimum absolute atomic E-state index is 0.148. The van der Waals surface area contributed by atoms with Crippen molar-refractivity contribution >= 4 is 34.8 Å². The first-order chi connectivity index (χ1) is 10.6. The van der Waals surface area contributed by atoms with Crippen LogP contribution in [0.2, 0.25) is 5.02 Å². The van der Waals surface area contributed by atoms with Crippen LogP contribution in [-0.4, -0.2) is 24.7 Å². The number of unbranched alkanes of at least 4 members (excludes halogenated alkanes) is 2. The van der Waals surface area contributed by atoms with Crippen LogP contribution in [0, 0.1) is 0 Å². The number of hydrogen-bond donors (Lipinski definition) is 3. The Bertz CT molecular complexity index is 512. The molecule has 1 aromatic rings. The Morgan fingerprint density at radius 1 is 1.32 bits per heavy atom. The maximum absolute atomic E-state index is 11.9. The summed E-state index contributed by atoms with van der Waals surface area (Å²) in [5.74, 6) is 0.401. The number of carbonyl (C=O) groups is 1. The molecule has 5 nitrogen and oxygen atoms in total. The zero-order valence-corrected chi connectivity index (χ0v) is 14.4. The third-order valence-electron chi connectivity index (χ3n) is 2.97. The van der Waals surface area contributed by atoms with Crippen molar-refractivity contribution in [3.63, 3.8) is 0 Å². The van der Waals surface area contributed by atoms with E-state index in [2.05, 4.69) is 23.1 Å². The molecule has 0 heterocycles. The molecule has 1 rings (SSSR count). The molecular formula is C15H22ClN3O2S. The average molecular weight is 344 g/mol. The van der Waals surface area contributed by atoms with Gasteiger partial charge in [0.15, 0.2) is 5.11 Å². The third kappa shape index (κ3) is 6.95. The zero-order valence-electron chi connectivity index (χ0n) is 12.9. The lowest BCUT2D eigenvalue weighted by atomic mass is 10.1. The average Bonchev–Trinajstić information content (AvgIpc) is 2.50. The van der Waals surface area contributed by atoms with Crippen molar-refractivity contribution in [3.05, 3.63) is 28.8 Å². The number of hydrogen-bond acceptors (Lipinski definition) is 3. The van der Waals surface area contributed by atoms with Crippen LogP contribution in [0.15, 0.2) is 18.2 Å². The quantitative estimate of drug-likeness (QED) is 0.403. The monoisotopic (exact) mass is 343 g/mol. The number of amides is 1. The van der Waals surface area contributed by atoms with E-state index in [0.717, 1.165) is 31.4 Å². The molecule has 0 aliphatic heterocycles. The molecule has 7 heteroatoms. The van der Waals surface area contributed by atoms with Gasteiger partial charge < -0.3 is 10.1 Å². The smallest absolute Gasteiger partial charge is 0.242 e. The molecule has 1 aromatic carbocycles. The van der Waals surface area contributed by atoms with E-state index in [0.29, 0.717) is 15.9 Å². The second-order valence-corrected chi connectivity index (χ2v) is 5.61. The lowest BCUT2D eigenvalue weighted by molar-refractivity contribution is -0.121. The molecule has 22 heavy (non-hydrogen) atoms. The van der Waals surface area contributed by atoms with E-state index in [-0.39, 0.29) is 12.3 Å². The number of halogens is 1. The van der Waals surface area contributed by atoms with Crippen LogP contribution >= 0.6 is 23.8 Å². The van der Waals surface area contributed by atoms with Gasteiger partial charge in [-0.15, -0.1) is 0 Å². The van der Waals surface area contributed by atoms with Crippen molar-refractivity contribution in [2.45, 2.75) is 32.6 Å². The van der Waals surface area contributed by atoms with Gasteiger partial charge in [-0.1, -0.05) is 31.4 Å². The highest BCUT2D eigenvalue weighted by Gasteiger charge is 2.09. The summed E-state index contributed by atoms with van der Waals surface area (Å²) in [6, 6.07) is 5.16. The van der Waals surface area contributed by atoms with E-state index in [1.54, 1.807) is 25.3 Å². The van der Waals surface area contributed by atoms with Crippen molar-refractivity contribution in [1.82, 2.24) is 16.2 Å². The van der Waals surface area contributed by atoms with Crippen LogP contribution < -0.4 is 20.9 Å². The first-order valence-electron chi connectivity index (χ1n) is 7.22. The fraction of sp³-hybridized carbons (Fsp3) is 0.467. The number of methoxy groups -OCH3 is 1. The molecule has 0 saturated carbocycles. The van der Waals surface area contributed by atoms with Crippen LogP contribution in [0.4, 0.5) is 0 Å². The number of carbonyl (C=O) groups excluding carboxylic acids is 1. The van der Waals surface area contributed by atoms with E-state index < -0.39 is 0 Å². The summed E-state index contributed by atoms with van der Waals surface area (Å²) >= 11 is 11.0. The number of nitrogens with one attached hydrogen (secondary N) is 3. The Kier molecular flexibility index (Phi) is 8.62. The molecule has 0 radical (unpaired) electrons. The number of rotatable bonds is 7. The highest BCUT2D eigenvalue weighted by atomic mass is 35.5. The first kappa shape index (κ1) is 18.5. The van der Waals surface area contributed by atoms with Gasteiger partial charge in [-0.25, -0.2) is 0 Å². The molecule has 0 aliphatic rings. The topological polar surface area (TPSA) is 62.4 Å². The van der Waals surface area contributed by atoms with Gasteiger partial charge in [-0.2, -0.15) is 0 Å². The van der Waals surface area contributed by atoms with E-state index in [1.807, 2.05) is 0 Å². The maximum Gasteiger partial charge on any atom is 0.242 e. The van der Waals surface area contributed by atoms with Crippen molar-refractivity contribution < 1.29 is 9.53 Å². The number of ether oxygens (including phenoxy) is 1. The Hall–Kier alpha value is -1.53. The lowest BCUT2D eigenvalue weighted by Gasteiger charge is -2.12. The number of hydrazine groups is 1. The Labute approximate surface area is 141 Å². The molecule has 0 atom stereocenters. The van der Waals surface area contributed by atoms with Crippen LogP contribution in [-0.2, 0) is 11.2 Å². The predicted molar refractivity (Wildman–Crippen MR) is 93.1 cm³/mol. The SMILES string of the molecule is CCCCCNC(=S)NNC(=O)Cc1cc(Cl)ccc1OC. The van der Waals surface area contributed by atoms with Crippen molar-refractivity contribution in [2.24, 2.45) is 0 Å². The van der Waals surface area contributed by atoms with Gasteiger partial charge >= 0.3 is 0 Å². The third-order valence-corrected chi connectivity index (χ3v) is 3.46. The molecule has 122 valence electrons. The maximum atomic E-state index is 11.9.